The first-order chi connectivity index (χ1) is 14.7. The van der Waals surface area contributed by atoms with Gasteiger partial charge in [-0.25, -0.2) is 0 Å². The summed E-state index contributed by atoms with van der Waals surface area (Å²) >= 11 is 0. The Morgan fingerprint density at radius 3 is 2.47 bits per heavy atom. The molecule has 1 aromatic carbocycles. The Kier molecular flexibility index (Phi) is 7.77. The highest BCUT2D eigenvalue weighted by Gasteiger charge is 2.34. The number of carbonyl (C=O) groups excluding carboxylic acids is 1. The highest BCUT2D eigenvalue weighted by atomic mass is 16.5. The quantitative estimate of drug-likeness (QED) is 0.709. The van der Waals surface area contributed by atoms with Gasteiger partial charge in [-0.1, -0.05) is 30.3 Å². The van der Waals surface area contributed by atoms with Crippen molar-refractivity contribution in [2.45, 2.75) is 31.8 Å². The first-order valence-corrected chi connectivity index (χ1v) is 11.7. The summed E-state index contributed by atoms with van der Waals surface area (Å²) in [6.45, 7) is 10.8. The Morgan fingerprint density at radius 1 is 1.00 bits per heavy atom. The smallest absolute Gasteiger partial charge is 0.222 e. The molecule has 0 radical (unpaired) electrons. The fourth-order valence-corrected chi connectivity index (χ4v) is 5.28. The number of amides is 1. The van der Waals surface area contributed by atoms with Crippen LogP contribution in [0.3, 0.4) is 0 Å². The Labute approximate surface area is 181 Å². The maximum absolute atomic E-state index is 12.9. The van der Waals surface area contributed by atoms with Crippen molar-refractivity contribution >= 4 is 5.91 Å². The number of hydrogen-bond acceptors (Lipinski definition) is 5. The molecule has 0 spiro atoms. The van der Waals surface area contributed by atoms with Crippen LogP contribution in [0, 0.1) is 5.92 Å². The number of hydrogen-bond donors (Lipinski definition) is 0. The van der Waals surface area contributed by atoms with Gasteiger partial charge in [-0.15, -0.1) is 0 Å². The Morgan fingerprint density at radius 2 is 1.73 bits per heavy atom. The average molecular weight is 415 g/mol. The van der Waals surface area contributed by atoms with E-state index in [-0.39, 0.29) is 0 Å². The topological polar surface area (TPSA) is 39.3 Å². The van der Waals surface area contributed by atoms with Crippen LogP contribution in [-0.4, -0.2) is 104 Å². The Bertz CT molecular complexity index is 656. The van der Waals surface area contributed by atoms with Crippen LogP contribution in [-0.2, 0) is 16.1 Å². The third-order valence-electron chi connectivity index (χ3n) is 7.13. The zero-order valence-electron chi connectivity index (χ0n) is 18.5. The molecule has 3 heterocycles. The molecule has 2 atom stereocenters. The van der Waals surface area contributed by atoms with Gasteiger partial charge in [-0.3, -0.25) is 14.6 Å². The Hall–Kier alpha value is -1.47. The SMILES string of the molecule is CN1CCN(C(=O)CC[C@H]2CN(Cc3ccccc3)CC[C@H]2N2CCOCC2)CC1. The second-order valence-electron chi connectivity index (χ2n) is 9.21. The van der Waals surface area contributed by atoms with Gasteiger partial charge >= 0.3 is 0 Å². The van der Waals surface area contributed by atoms with Crippen LogP contribution < -0.4 is 0 Å². The van der Waals surface area contributed by atoms with Crippen molar-refractivity contribution in [2.24, 2.45) is 5.92 Å². The zero-order chi connectivity index (χ0) is 20.8. The Balaban J connectivity index is 1.36. The molecule has 3 aliphatic rings. The van der Waals surface area contributed by atoms with E-state index in [1.165, 1.54) is 12.0 Å². The number of carbonyl (C=O) groups is 1. The van der Waals surface area contributed by atoms with Crippen molar-refractivity contribution in [3.63, 3.8) is 0 Å². The number of likely N-dealkylation sites (N-methyl/N-ethyl adjacent to an activating group) is 1. The summed E-state index contributed by atoms with van der Waals surface area (Å²) in [5.41, 5.74) is 1.38. The van der Waals surface area contributed by atoms with E-state index in [9.17, 15) is 4.79 Å². The summed E-state index contributed by atoms with van der Waals surface area (Å²) in [5, 5.41) is 0. The molecule has 4 rings (SSSR count). The van der Waals surface area contributed by atoms with Crippen LogP contribution in [0.1, 0.15) is 24.8 Å². The number of benzene rings is 1. The van der Waals surface area contributed by atoms with E-state index >= 15 is 0 Å². The lowest BCUT2D eigenvalue weighted by atomic mass is 9.86. The lowest BCUT2D eigenvalue weighted by molar-refractivity contribution is -0.133. The number of piperazine rings is 1. The molecule has 0 saturated carbocycles. The highest BCUT2D eigenvalue weighted by molar-refractivity contribution is 5.76. The van der Waals surface area contributed by atoms with Gasteiger partial charge in [0.25, 0.3) is 0 Å². The van der Waals surface area contributed by atoms with E-state index in [1.54, 1.807) is 0 Å². The maximum atomic E-state index is 12.9. The molecule has 3 aliphatic heterocycles. The van der Waals surface area contributed by atoms with Crippen molar-refractivity contribution in [2.75, 3.05) is 72.6 Å². The van der Waals surface area contributed by atoms with Crippen LogP contribution in [0.25, 0.3) is 0 Å². The second-order valence-corrected chi connectivity index (χ2v) is 9.21. The van der Waals surface area contributed by atoms with Gasteiger partial charge in [0.1, 0.15) is 0 Å². The molecule has 1 amide bonds. The fraction of sp³-hybridized carbons (Fsp3) is 0.708. The second kappa shape index (κ2) is 10.7. The summed E-state index contributed by atoms with van der Waals surface area (Å²) in [6, 6.07) is 11.4. The molecular formula is C24H38N4O2. The van der Waals surface area contributed by atoms with E-state index in [4.69, 9.17) is 4.74 Å². The average Bonchev–Trinajstić information content (AvgIpc) is 2.79. The van der Waals surface area contributed by atoms with E-state index in [1.807, 2.05) is 0 Å². The number of rotatable bonds is 6. The number of piperidine rings is 1. The number of morpholine rings is 1. The molecule has 0 bridgehead atoms. The van der Waals surface area contributed by atoms with E-state index in [0.717, 1.165) is 78.5 Å². The van der Waals surface area contributed by atoms with Gasteiger partial charge in [-0.05, 0) is 37.9 Å². The highest BCUT2D eigenvalue weighted by Crippen LogP contribution is 2.28. The van der Waals surface area contributed by atoms with Gasteiger partial charge in [0.05, 0.1) is 13.2 Å². The van der Waals surface area contributed by atoms with Gasteiger partial charge in [-0.2, -0.15) is 0 Å². The van der Waals surface area contributed by atoms with E-state index in [0.29, 0.717) is 24.3 Å². The van der Waals surface area contributed by atoms with Crippen LogP contribution >= 0.6 is 0 Å². The third-order valence-corrected chi connectivity index (χ3v) is 7.13. The predicted octanol–water partition coefficient (Wildman–Crippen LogP) is 1.76. The molecule has 0 unspecified atom stereocenters. The molecule has 0 aromatic heterocycles. The van der Waals surface area contributed by atoms with E-state index in [2.05, 4.69) is 57.0 Å². The molecule has 0 aliphatic carbocycles. The summed E-state index contributed by atoms with van der Waals surface area (Å²) in [4.78, 5) is 22.5. The van der Waals surface area contributed by atoms with Crippen LogP contribution in [0.5, 0.6) is 0 Å². The van der Waals surface area contributed by atoms with Crippen molar-refractivity contribution < 1.29 is 9.53 Å². The van der Waals surface area contributed by atoms with Crippen molar-refractivity contribution in [1.82, 2.24) is 19.6 Å². The molecule has 166 valence electrons. The predicted molar refractivity (Wildman–Crippen MR) is 119 cm³/mol. The molecular weight excluding hydrogens is 376 g/mol. The molecule has 3 fully saturated rings. The third kappa shape index (κ3) is 5.82. The lowest BCUT2D eigenvalue weighted by Crippen LogP contribution is -2.54. The van der Waals surface area contributed by atoms with Gasteiger partial charge < -0.3 is 14.5 Å². The monoisotopic (exact) mass is 414 g/mol. The maximum Gasteiger partial charge on any atom is 0.222 e. The fourth-order valence-electron chi connectivity index (χ4n) is 5.28. The first-order valence-electron chi connectivity index (χ1n) is 11.7. The van der Waals surface area contributed by atoms with Gasteiger partial charge in [0.2, 0.25) is 5.91 Å². The molecule has 3 saturated heterocycles. The molecule has 30 heavy (non-hydrogen) atoms. The normalized spacial score (nSPS) is 27.3. The molecule has 1 aromatic rings. The minimum absolute atomic E-state index is 0.351. The van der Waals surface area contributed by atoms with Crippen molar-refractivity contribution in [3.8, 4) is 0 Å². The van der Waals surface area contributed by atoms with E-state index < -0.39 is 0 Å². The molecule has 6 heteroatoms. The summed E-state index contributed by atoms with van der Waals surface area (Å²) in [6.07, 6.45) is 2.88. The number of ether oxygens (including phenoxy) is 1. The largest absolute Gasteiger partial charge is 0.379 e. The van der Waals surface area contributed by atoms with Gasteiger partial charge in [0, 0.05) is 64.8 Å². The van der Waals surface area contributed by atoms with Crippen LogP contribution in [0.15, 0.2) is 30.3 Å². The molecule has 0 N–H and O–H groups in total. The first kappa shape index (κ1) is 21.8. The minimum atomic E-state index is 0.351. The van der Waals surface area contributed by atoms with Crippen LogP contribution in [0.4, 0.5) is 0 Å². The number of likely N-dealkylation sites (tertiary alicyclic amines) is 1. The van der Waals surface area contributed by atoms with Crippen molar-refractivity contribution in [1.29, 1.82) is 0 Å². The summed E-state index contributed by atoms with van der Waals surface area (Å²) < 4.78 is 5.60. The van der Waals surface area contributed by atoms with Crippen molar-refractivity contribution in [3.05, 3.63) is 35.9 Å². The summed E-state index contributed by atoms with van der Waals surface area (Å²) in [5.74, 6) is 0.904. The zero-order valence-corrected chi connectivity index (χ0v) is 18.5. The standard InChI is InChI=1S/C24H38N4O2/c1-25-11-13-28(14-12-25)24(29)8-7-22-20-26(19-21-5-3-2-4-6-21)10-9-23(22)27-15-17-30-18-16-27/h2-6,22-23H,7-20H2,1H3/t22-,23+/m0/s1. The minimum Gasteiger partial charge on any atom is -0.379 e. The summed E-state index contributed by atoms with van der Waals surface area (Å²) in [7, 11) is 2.14. The van der Waals surface area contributed by atoms with Crippen LogP contribution in [0.2, 0.25) is 0 Å². The molecule has 6 nitrogen and oxygen atoms in total. The number of nitrogens with zero attached hydrogens (tertiary/aromatic N) is 4. The van der Waals surface area contributed by atoms with Gasteiger partial charge in [0.15, 0.2) is 0 Å². The lowest BCUT2D eigenvalue weighted by Gasteiger charge is -2.45.